The second kappa shape index (κ2) is 15.1. The summed E-state index contributed by atoms with van der Waals surface area (Å²) in [4.78, 5) is 4.90. The van der Waals surface area contributed by atoms with Gasteiger partial charge in [-0.15, -0.1) is 4.40 Å². The Morgan fingerprint density at radius 2 is 1.41 bits per heavy atom. The van der Waals surface area contributed by atoms with E-state index in [9.17, 15) is 8.42 Å². The maximum atomic E-state index is 12.1. The van der Waals surface area contributed by atoms with Gasteiger partial charge in [0.25, 0.3) is 0 Å². The predicted molar refractivity (Wildman–Crippen MR) is 128 cm³/mol. The second-order valence-corrected chi connectivity index (χ2v) is 9.50. The molecule has 0 atom stereocenters. The molecular weight excluding hydrogens is 571 g/mol. The molecule has 0 aliphatic rings. The van der Waals surface area contributed by atoms with Crippen molar-refractivity contribution < 1.29 is 44.4 Å². The van der Waals surface area contributed by atoms with Gasteiger partial charge < -0.3 is 13.5 Å². The van der Waals surface area contributed by atoms with Gasteiger partial charge in [-0.25, -0.2) is 0 Å². The van der Waals surface area contributed by atoms with E-state index in [2.05, 4.69) is 13.8 Å². The third kappa shape index (κ3) is 10.5. The average Bonchev–Trinajstić information content (AvgIpc) is 3.31. The van der Waals surface area contributed by atoms with Crippen molar-refractivity contribution in [3.8, 4) is 11.5 Å². The molecule has 1 heterocycles. The molecule has 3 rings (SSSR count). The van der Waals surface area contributed by atoms with E-state index in [1.54, 1.807) is 61.5 Å². The number of halogens is 2. The molecule has 0 saturated heterocycles. The molecule has 0 unspecified atom stereocenters. The van der Waals surface area contributed by atoms with E-state index in [4.69, 9.17) is 38.0 Å². The molecule has 2 aromatic carbocycles. The van der Waals surface area contributed by atoms with E-state index in [1.807, 2.05) is 6.07 Å². The van der Waals surface area contributed by atoms with Crippen LogP contribution >= 0.6 is 32.4 Å². The summed E-state index contributed by atoms with van der Waals surface area (Å²) in [6, 6.07) is 20.1. The molecule has 0 aliphatic heterocycles. The van der Waals surface area contributed by atoms with Gasteiger partial charge in [0, 0.05) is 5.04 Å². The number of para-hydroxylation sites is 2. The third-order valence-electron chi connectivity index (χ3n) is 3.62. The summed E-state index contributed by atoms with van der Waals surface area (Å²) < 4.78 is 47.2. The van der Waals surface area contributed by atoms with Crippen LogP contribution in [-0.4, -0.2) is 19.8 Å². The van der Waals surface area contributed by atoms with Gasteiger partial charge in [-0.1, -0.05) is 40.7 Å². The zero-order valence-electron chi connectivity index (χ0n) is 17.6. The van der Waals surface area contributed by atoms with Gasteiger partial charge in [0.05, 0.1) is 11.4 Å². The minimum absolute atomic E-state index is 0.124. The third-order valence-corrected chi connectivity index (χ3v) is 4.98. The zero-order chi connectivity index (χ0) is 24.8. The van der Waals surface area contributed by atoms with E-state index >= 15 is 0 Å². The fraction of sp³-hybridized carbons (Fsp3) is 0.100. The van der Waals surface area contributed by atoms with Crippen molar-refractivity contribution in [3.05, 3.63) is 84.3 Å². The zero-order valence-corrected chi connectivity index (χ0v) is 21.9. The maximum absolute atomic E-state index is 12.1. The Bertz CT molecular complexity index is 1180. The molecule has 0 radical (unpaired) electrons. The van der Waals surface area contributed by atoms with Crippen LogP contribution < -0.4 is 9.07 Å². The molecule has 0 spiro atoms. The van der Waals surface area contributed by atoms with E-state index in [0.717, 1.165) is 0 Å². The number of rotatable bonds is 10. The van der Waals surface area contributed by atoms with Crippen LogP contribution in [0.4, 0.5) is 0 Å². The van der Waals surface area contributed by atoms with Gasteiger partial charge >= 0.3 is 43.6 Å². The predicted octanol–water partition coefficient (Wildman–Crippen LogP) is 6.10. The van der Waals surface area contributed by atoms with Crippen molar-refractivity contribution in [2.75, 3.05) is 0 Å². The molecule has 34 heavy (non-hydrogen) atoms. The topological polar surface area (TPSA) is 109 Å². The Hall–Kier alpha value is -2.02. The van der Waals surface area contributed by atoms with Crippen LogP contribution in [0, 0.1) is 0 Å². The van der Waals surface area contributed by atoms with Gasteiger partial charge in [0.15, 0.2) is 18.0 Å². The van der Waals surface area contributed by atoms with Crippen LogP contribution in [-0.2, 0) is 32.8 Å². The summed E-state index contributed by atoms with van der Waals surface area (Å²) in [6.45, 7) is 3.17. The first-order chi connectivity index (χ1) is 16.3. The van der Waals surface area contributed by atoms with Crippen LogP contribution in [0.25, 0.3) is 0 Å². The number of benzene rings is 2. The monoisotopic (exact) mass is 588 g/mol. The Morgan fingerprint density at radius 3 is 2.00 bits per heavy atom. The van der Waals surface area contributed by atoms with Crippen molar-refractivity contribution in [2.24, 2.45) is 8.80 Å². The Labute approximate surface area is 216 Å². The van der Waals surface area contributed by atoms with E-state index in [1.165, 1.54) is 19.1 Å². The first-order valence-corrected chi connectivity index (χ1v) is 14.2. The Kier molecular flexibility index (Phi) is 12.5. The van der Waals surface area contributed by atoms with Crippen molar-refractivity contribution in [1.29, 1.82) is 0 Å². The summed E-state index contributed by atoms with van der Waals surface area (Å²) in [7, 11) is 5.33. The molecule has 0 fully saturated rings. The van der Waals surface area contributed by atoms with Crippen molar-refractivity contribution in [3.63, 3.8) is 0 Å². The summed E-state index contributed by atoms with van der Waals surface area (Å²) in [5.74, 6) is 1.28. The van der Waals surface area contributed by atoms with Crippen LogP contribution in [0.2, 0.25) is 0 Å². The molecule has 3 aromatic rings. The average molecular weight is 589 g/mol. The molecule has 0 amide bonds. The number of hydrogen-bond donors (Lipinski definition) is 0. The first-order valence-electron chi connectivity index (χ1n) is 9.13. The summed E-state index contributed by atoms with van der Waals surface area (Å²) in [5.41, 5.74) is 0.592. The molecule has 0 bridgehead atoms. The van der Waals surface area contributed by atoms with Crippen LogP contribution in [0.3, 0.4) is 0 Å². The van der Waals surface area contributed by atoms with E-state index in [-0.39, 0.29) is 30.4 Å². The molecule has 9 nitrogen and oxygen atoms in total. The number of nitrogens with zero attached hydrogens (tertiary/aromatic N) is 2. The molecule has 0 saturated carbocycles. The fourth-order valence-electron chi connectivity index (χ4n) is 2.21. The minimum atomic E-state index is -4.19. The van der Waals surface area contributed by atoms with Gasteiger partial charge in [-0.05, 0) is 50.2 Å². The first kappa shape index (κ1) is 28.2. The van der Waals surface area contributed by atoms with Crippen molar-refractivity contribution in [2.45, 2.75) is 13.8 Å². The van der Waals surface area contributed by atoms with Crippen LogP contribution in [0.15, 0.2) is 86.0 Å². The molecular formula is C20H18Cl2FeN2O7S2. The fourth-order valence-corrected chi connectivity index (χ4v) is 3.32. The quantitative estimate of drug-likeness (QED) is 0.0531. The van der Waals surface area contributed by atoms with Gasteiger partial charge in [0.2, 0.25) is 0 Å². The molecule has 14 heteroatoms. The standard InChI is InChI=1S/C20H18N2O7S2.2ClH.Fe/c1-15(21-30-29-28-26-17-9-5-3-6-10-17)19-13-14-20(25-19)16(2)22-31(23,24)27-18-11-7-4-8-12-18;;;/h3-14H,1-2H3;2*1H;/q;;;+2/p-2/b21-15+,22-16+;;;. The van der Waals surface area contributed by atoms with Crippen molar-refractivity contribution >= 4 is 54.2 Å². The van der Waals surface area contributed by atoms with Crippen LogP contribution in [0.5, 0.6) is 11.5 Å². The summed E-state index contributed by atoms with van der Waals surface area (Å²) >= 11 is 0.833. The van der Waals surface area contributed by atoms with Crippen molar-refractivity contribution in [1.82, 2.24) is 0 Å². The molecule has 184 valence electrons. The van der Waals surface area contributed by atoms with Crippen LogP contribution in [0.1, 0.15) is 25.4 Å². The van der Waals surface area contributed by atoms with Gasteiger partial charge in [-0.3, -0.25) is 0 Å². The summed E-state index contributed by atoms with van der Waals surface area (Å²) in [5, 5.41) is 4.58. The van der Waals surface area contributed by atoms with Gasteiger partial charge in [-0.2, -0.15) is 12.8 Å². The second-order valence-electron chi connectivity index (χ2n) is 6.00. The molecule has 0 N–H and O–H groups in total. The van der Waals surface area contributed by atoms with Gasteiger partial charge in [0.1, 0.15) is 17.3 Å². The molecule has 0 aliphatic carbocycles. The molecule has 1 aromatic heterocycles. The normalized spacial score (nSPS) is 12.1. The number of furan rings is 1. The Balaban J connectivity index is 0.00000129. The SMILES string of the molecule is C/C(=N\SOOOc1ccccc1)c1ccc(/C(C)=N/S(=O)(=O)Oc2ccccc2)o1.[Cl][Fe][Cl]. The Morgan fingerprint density at radius 1 is 0.882 bits per heavy atom. The number of hydrogen-bond acceptors (Lipinski definition) is 9. The van der Waals surface area contributed by atoms with E-state index in [0.29, 0.717) is 29.5 Å². The summed E-state index contributed by atoms with van der Waals surface area (Å²) in [6.07, 6.45) is 0. The van der Waals surface area contributed by atoms with E-state index < -0.39 is 10.3 Å².